The molecule has 13 heteroatoms. The van der Waals surface area contributed by atoms with Gasteiger partial charge in [-0.15, -0.1) is 12.4 Å². The van der Waals surface area contributed by atoms with E-state index in [1.807, 2.05) is 4.72 Å². The van der Waals surface area contributed by atoms with Gasteiger partial charge in [-0.25, -0.2) is 13.1 Å². The quantitative estimate of drug-likeness (QED) is 0.741. The zero-order chi connectivity index (χ0) is 17.3. The van der Waals surface area contributed by atoms with Crippen LogP contribution in [0.4, 0.5) is 13.2 Å². The van der Waals surface area contributed by atoms with E-state index in [1.165, 1.54) is 11.9 Å². The van der Waals surface area contributed by atoms with Gasteiger partial charge in [0.2, 0.25) is 0 Å². The van der Waals surface area contributed by atoms with E-state index in [2.05, 4.69) is 10.4 Å². The number of aryl methyl sites for hydroxylation is 1. The molecule has 2 heterocycles. The molecule has 1 aromatic heterocycles. The Morgan fingerprint density at radius 1 is 1.42 bits per heavy atom. The third-order valence-corrected chi connectivity index (χ3v) is 5.46. The van der Waals surface area contributed by atoms with Crippen LogP contribution in [0.3, 0.4) is 0 Å². The molecule has 7 nitrogen and oxygen atoms in total. The Kier molecular flexibility index (Phi) is 7.32. The standard InChI is InChI=1S/C11H17ClF3N5O2S.ClH/c1-19-10(8(12)6-17-19)23(21,22)18-7-9(11(13,14)15)20-4-2-16-3-5-20;/h6,9,16,18H,2-5,7H2,1H3;1H. The van der Waals surface area contributed by atoms with Gasteiger partial charge in [-0.05, 0) is 0 Å². The largest absolute Gasteiger partial charge is 0.405 e. The van der Waals surface area contributed by atoms with Crippen molar-refractivity contribution in [2.75, 3.05) is 32.7 Å². The highest BCUT2D eigenvalue weighted by Gasteiger charge is 2.44. The van der Waals surface area contributed by atoms with Crippen molar-refractivity contribution in [1.82, 2.24) is 24.7 Å². The Hall–Kier alpha value is -0.590. The Morgan fingerprint density at radius 2 is 2.00 bits per heavy atom. The SMILES string of the molecule is Cl.Cn1ncc(Cl)c1S(=O)(=O)NCC(N1CCNCC1)C(F)(F)F. The molecule has 140 valence electrons. The first-order valence-corrected chi connectivity index (χ1v) is 8.67. The first kappa shape index (κ1) is 21.5. The monoisotopic (exact) mass is 411 g/mol. The summed E-state index contributed by atoms with van der Waals surface area (Å²) < 4.78 is 67.1. The van der Waals surface area contributed by atoms with E-state index < -0.39 is 28.8 Å². The summed E-state index contributed by atoms with van der Waals surface area (Å²) in [7, 11) is -2.85. The summed E-state index contributed by atoms with van der Waals surface area (Å²) in [5.41, 5.74) is 0. The second-order valence-corrected chi connectivity index (χ2v) is 7.21. The number of piperazine rings is 1. The van der Waals surface area contributed by atoms with E-state index in [4.69, 9.17) is 11.6 Å². The van der Waals surface area contributed by atoms with Crippen molar-refractivity contribution in [3.8, 4) is 0 Å². The second kappa shape index (κ2) is 8.19. The van der Waals surface area contributed by atoms with E-state index in [9.17, 15) is 21.6 Å². The molecule has 1 atom stereocenters. The summed E-state index contributed by atoms with van der Waals surface area (Å²) in [6.45, 7) is 0.448. The van der Waals surface area contributed by atoms with E-state index in [0.29, 0.717) is 13.1 Å². The highest BCUT2D eigenvalue weighted by molar-refractivity contribution is 7.89. The fraction of sp³-hybridized carbons (Fsp3) is 0.727. The molecular weight excluding hydrogens is 394 g/mol. The highest BCUT2D eigenvalue weighted by atomic mass is 35.5. The first-order chi connectivity index (χ1) is 10.6. The fourth-order valence-corrected chi connectivity index (χ4v) is 4.09. The minimum absolute atomic E-state index is 0. The zero-order valence-corrected chi connectivity index (χ0v) is 15.1. The summed E-state index contributed by atoms with van der Waals surface area (Å²) in [5.74, 6) is 0. The van der Waals surface area contributed by atoms with Crippen molar-refractivity contribution >= 4 is 34.0 Å². The van der Waals surface area contributed by atoms with Gasteiger partial charge in [-0.3, -0.25) is 9.58 Å². The molecule has 0 aliphatic carbocycles. The van der Waals surface area contributed by atoms with Crippen molar-refractivity contribution in [3.63, 3.8) is 0 Å². The van der Waals surface area contributed by atoms with Crippen LogP contribution in [-0.2, 0) is 17.1 Å². The summed E-state index contributed by atoms with van der Waals surface area (Å²) in [4.78, 5) is 1.21. The molecule has 0 spiro atoms. The number of sulfonamides is 1. The van der Waals surface area contributed by atoms with Gasteiger partial charge in [0, 0.05) is 39.8 Å². The summed E-state index contributed by atoms with van der Waals surface area (Å²) in [6.07, 6.45) is -3.43. The van der Waals surface area contributed by atoms with Crippen LogP contribution in [0, 0.1) is 0 Å². The molecule has 0 saturated carbocycles. The summed E-state index contributed by atoms with van der Waals surface area (Å²) in [6, 6.07) is -1.90. The normalized spacial score (nSPS) is 18.2. The Bertz CT molecular complexity index is 627. The topological polar surface area (TPSA) is 79.3 Å². The van der Waals surface area contributed by atoms with Crippen LogP contribution in [0.1, 0.15) is 0 Å². The molecule has 0 amide bonds. The lowest BCUT2D eigenvalue weighted by atomic mass is 10.2. The maximum absolute atomic E-state index is 13.2. The van der Waals surface area contributed by atoms with Gasteiger partial charge in [0.15, 0.2) is 5.03 Å². The Balaban J connectivity index is 0.00000288. The highest BCUT2D eigenvalue weighted by Crippen LogP contribution is 2.26. The minimum Gasteiger partial charge on any atom is -0.314 e. The summed E-state index contributed by atoms with van der Waals surface area (Å²) in [5, 5.41) is 6.12. The number of alkyl halides is 3. The molecule has 1 saturated heterocycles. The van der Waals surface area contributed by atoms with Gasteiger partial charge in [0.1, 0.15) is 6.04 Å². The molecule has 1 aromatic rings. The van der Waals surface area contributed by atoms with Crippen molar-refractivity contribution < 1.29 is 21.6 Å². The Labute approximate surface area is 149 Å². The van der Waals surface area contributed by atoms with E-state index in [1.54, 1.807) is 0 Å². The number of nitrogens with zero attached hydrogens (tertiary/aromatic N) is 3. The number of hydrogen-bond acceptors (Lipinski definition) is 5. The maximum Gasteiger partial charge on any atom is 0.405 e. The van der Waals surface area contributed by atoms with Crippen LogP contribution in [0.15, 0.2) is 11.2 Å². The van der Waals surface area contributed by atoms with E-state index >= 15 is 0 Å². The second-order valence-electron chi connectivity index (χ2n) is 5.12. The number of nitrogens with one attached hydrogen (secondary N) is 2. The molecule has 2 N–H and O–H groups in total. The van der Waals surface area contributed by atoms with Crippen molar-refractivity contribution in [3.05, 3.63) is 11.2 Å². The van der Waals surface area contributed by atoms with Gasteiger partial charge < -0.3 is 5.32 Å². The number of halogens is 5. The number of hydrogen-bond donors (Lipinski definition) is 2. The van der Waals surface area contributed by atoms with Crippen LogP contribution in [0.5, 0.6) is 0 Å². The number of aromatic nitrogens is 2. The summed E-state index contributed by atoms with van der Waals surface area (Å²) >= 11 is 5.74. The molecule has 1 fully saturated rings. The number of rotatable bonds is 5. The molecule has 24 heavy (non-hydrogen) atoms. The smallest absolute Gasteiger partial charge is 0.314 e. The Morgan fingerprint density at radius 3 is 2.46 bits per heavy atom. The van der Waals surface area contributed by atoms with Crippen LogP contribution in [-0.4, -0.2) is 68.0 Å². The van der Waals surface area contributed by atoms with Crippen LogP contribution in [0.2, 0.25) is 5.02 Å². The molecule has 1 aliphatic heterocycles. The minimum atomic E-state index is -4.55. The third kappa shape index (κ3) is 4.96. The lowest BCUT2D eigenvalue weighted by Crippen LogP contribution is -2.57. The average molecular weight is 412 g/mol. The first-order valence-electron chi connectivity index (χ1n) is 6.81. The van der Waals surface area contributed by atoms with Crippen LogP contribution < -0.4 is 10.0 Å². The molecular formula is C11H18Cl2F3N5O2S. The van der Waals surface area contributed by atoms with Gasteiger partial charge in [-0.1, -0.05) is 11.6 Å². The predicted octanol–water partition coefficient (Wildman–Crippen LogP) is 0.610. The molecule has 1 unspecified atom stereocenters. The lowest BCUT2D eigenvalue weighted by molar-refractivity contribution is -0.182. The molecule has 0 aromatic carbocycles. The van der Waals surface area contributed by atoms with Gasteiger partial charge >= 0.3 is 6.18 Å². The molecule has 0 bridgehead atoms. The zero-order valence-electron chi connectivity index (χ0n) is 12.7. The molecule has 1 aliphatic rings. The van der Waals surface area contributed by atoms with E-state index in [0.717, 1.165) is 10.9 Å². The van der Waals surface area contributed by atoms with Crippen molar-refractivity contribution in [1.29, 1.82) is 0 Å². The third-order valence-electron chi connectivity index (χ3n) is 3.53. The van der Waals surface area contributed by atoms with Gasteiger partial charge in [0.25, 0.3) is 10.0 Å². The van der Waals surface area contributed by atoms with Crippen LogP contribution in [0.25, 0.3) is 0 Å². The van der Waals surface area contributed by atoms with Crippen molar-refractivity contribution in [2.24, 2.45) is 7.05 Å². The molecule has 2 rings (SSSR count). The molecule has 0 radical (unpaired) electrons. The lowest BCUT2D eigenvalue weighted by Gasteiger charge is -2.35. The fourth-order valence-electron chi connectivity index (χ4n) is 2.40. The van der Waals surface area contributed by atoms with Crippen molar-refractivity contribution in [2.45, 2.75) is 17.2 Å². The van der Waals surface area contributed by atoms with Gasteiger partial charge in [0.05, 0.1) is 11.2 Å². The maximum atomic E-state index is 13.2. The van der Waals surface area contributed by atoms with E-state index in [-0.39, 0.29) is 35.5 Å². The van der Waals surface area contributed by atoms with Gasteiger partial charge in [-0.2, -0.15) is 18.3 Å². The predicted molar refractivity (Wildman–Crippen MR) is 84.9 cm³/mol. The van der Waals surface area contributed by atoms with Crippen LogP contribution >= 0.6 is 24.0 Å². The average Bonchev–Trinajstić information content (AvgIpc) is 2.78.